The number of carbonyl (C=O) groups is 2. The number of ether oxygens (including phenoxy) is 2. The molecule has 1 heterocycles. The van der Waals surface area contributed by atoms with Crippen molar-refractivity contribution in [3.05, 3.63) is 105 Å². The van der Waals surface area contributed by atoms with E-state index < -0.39 is 10.9 Å². The molecule has 0 fully saturated rings. The van der Waals surface area contributed by atoms with Crippen LogP contribution in [-0.2, 0) is 6.42 Å². The van der Waals surface area contributed by atoms with Crippen LogP contribution in [0.3, 0.4) is 0 Å². The van der Waals surface area contributed by atoms with Gasteiger partial charge < -0.3 is 9.47 Å². The molecule has 7 nitrogen and oxygen atoms in total. The van der Waals surface area contributed by atoms with E-state index >= 15 is 0 Å². The molecule has 0 aliphatic carbocycles. The van der Waals surface area contributed by atoms with Crippen LogP contribution in [0.25, 0.3) is 6.08 Å². The summed E-state index contributed by atoms with van der Waals surface area (Å²) in [6.45, 7) is 2.07. The van der Waals surface area contributed by atoms with Gasteiger partial charge in [0.25, 0.3) is 5.69 Å². The largest absolute Gasteiger partial charge is 0.452 e. The molecule has 31 heavy (non-hydrogen) atoms. The molecule has 0 spiro atoms. The molecule has 0 N–H and O–H groups in total. The predicted octanol–water partition coefficient (Wildman–Crippen LogP) is 4.99. The molecule has 4 rings (SSSR count). The molecular weight excluding hydrogens is 398 g/mol. The van der Waals surface area contributed by atoms with Gasteiger partial charge in [0, 0.05) is 18.2 Å². The highest BCUT2D eigenvalue weighted by molar-refractivity contribution is 6.14. The van der Waals surface area contributed by atoms with Crippen molar-refractivity contribution in [3.8, 4) is 11.5 Å². The van der Waals surface area contributed by atoms with E-state index in [0.29, 0.717) is 11.3 Å². The molecule has 0 unspecified atom stereocenters. The average molecular weight is 415 g/mol. The Bertz CT molecular complexity index is 1210. The smallest absolute Gasteiger partial charge is 0.343 e. The molecule has 154 valence electrons. The van der Waals surface area contributed by atoms with Crippen molar-refractivity contribution in [1.29, 1.82) is 0 Å². The SMILES string of the molecule is CCc1ccc(/C=C2\Oc3cc(OC(=O)c4ccc([N+](=O)[O-])cc4)ccc3C2=O)cc1. The van der Waals surface area contributed by atoms with Gasteiger partial charge in [-0.2, -0.15) is 0 Å². The van der Waals surface area contributed by atoms with Crippen LogP contribution in [0.1, 0.15) is 38.8 Å². The zero-order chi connectivity index (χ0) is 22.0. The Hall–Kier alpha value is -4.26. The van der Waals surface area contributed by atoms with Gasteiger partial charge in [0.05, 0.1) is 16.1 Å². The molecular formula is C24H17NO6. The van der Waals surface area contributed by atoms with Gasteiger partial charge in [-0.05, 0) is 47.9 Å². The lowest BCUT2D eigenvalue weighted by Gasteiger charge is -2.05. The van der Waals surface area contributed by atoms with Crippen LogP contribution in [0, 0.1) is 10.1 Å². The quantitative estimate of drug-likeness (QED) is 0.191. The fraction of sp³-hybridized carbons (Fsp3) is 0.0833. The van der Waals surface area contributed by atoms with E-state index in [-0.39, 0.29) is 28.5 Å². The summed E-state index contributed by atoms with van der Waals surface area (Å²) in [5.74, 6) is -0.231. The molecule has 0 amide bonds. The number of hydrogen-bond acceptors (Lipinski definition) is 6. The number of benzene rings is 3. The van der Waals surface area contributed by atoms with E-state index in [0.717, 1.165) is 12.0 Å². The van der Waals surface area contributed by atoms with E-state index in [9.17, 15) is 19.7 Å². The molecule has 0 aromatic heterocycles. The Balaban J connectivity index is 1.50. The van der Waals surface area contributed by atoms with Crippen LogP contribution in [0.15, 0.2) is 72.5 Å². The number of non-ortho nitro benzene ring substituents is 1. The predicted molar refractivity (Wildman–Crippen MR) is 113 cm³/mol. The van der Waals surface area contributed by atoms with Gasteiger partial charge in [-0.25, -0.2) is 4.79 Å². The molecule has 0 bridgehead atoms. The van der Waals surface area contributed by atoms with E-state index in [1.807, 2.05) is 24.3 Å². The fourth-order valence-corrected chi connectivity index (χ4v) is 3.12. The van der Waals surface area contributed by atoms with Gasteiger partial charge in [-0.15, -0.1) is 0 Å². The lowest BCUT2D eigenvalue weighted by atomic mass is 10.1. The number of aryl methyl sites for hydroxylation is 1. The van der Waals surface area contributed by atoms with Crippen LogP contribution in [0.5, 0.6) is 11.5 Å². The van der Waals surface area contributed by atoms with Crippen molar-refractivity contribution in [2.24, 2.45) is 0 Å². The summed E-state index contributed by atoms with van der Waals surface area (Å²) in [7, 11) is 0. The molecule has 1 aliphatic rings. The number of Topliss-reactive ketones (excluding diaryl/α,β-unsaturated/α-hetero) is 1. The third-order valence-electron chi connectivity index (χ3n) is 4.85. The number of allylic oxidation sites excluding steroid dienone is 1. The van der Waals surface area contributed by atoms with Crippen molar-refractivity contribution in [2.45, 2.75) is 13.3 Å². The van der Waals surface area contributed by atoms with Crippen LogP contribution >= 0.6 is 0 Å². The first kappa shape index (κ1) is 20.0. The molecule has 0 saturated carbocycles. The monoisotopic (exact) mass is 415 g/mol. The number of nitro benzene ring substituents is 1. The average Bonchev–Trinajstić information content (AvgIpc) is 3.08. The zero-order valence-corrected chi connectivity index (χ0v) is 16.5. The van der Waals surface area contributed by atoms with Crippen LogP contribution in [0.2, 0.25) is 0 Å². The van der Waals surface area contributed by atoms with Crippen molar-refractivity contribution in [1.82, 2.24) is 0 Å². The first-order chi connectivity index (χ1) is 14.9. The van der Waals surface area contributed by atoms with Crippen LogP contribution in [-0.4, -0.2) is 16.7 Å². The minimum atomic E-state index is -0.675. The number of esters is 1. The first-order valence-electron chi connectivity index (χ1n) is 9.58. The topological polar surface area (TPSA) is 95.7 Å². The van der Waals surface area contributed by atoms with Crippen molar-refractivity contribution >= 4 is 23.5 Å². The Kier molecular flexibility index (Phi) is 5.32. The van der Waals surface area contributed by atoms with E-state index in [1.165, 1.54) is 48.0 Å². The molecule has 0 radical (unpaired) electrons. The second kappa shape index (κ2) is 8.23. The minimum absolute atomic E-state index is 0.121. The second-order valence-corrected chi connectivity index (χ2v) is 6.89. The Morgan fingerprint density at radius 1 is 1.06 bits per heavy atom. The lowest BCUT2D eigenvalue weighted by molar-refractivity contribution is -0.384. The summed E-state index contributed by atoms with van der Waals surface area (Å²) in [6.07, 6.45) is 2.60. The van der Waals surface area contributed by atoms with E-state index in [1.54, 1.807) is 6.08 Å². The number of nitro groups is 1. The number of nitrogens with zero attached hydrogens (tertiary/aromatic N) is 1. The number of rotatable bonds is 5. The Labute approximate surface area is 177 Å². The molecule has 0 atom stereocenters. The highest BCUT2D eigenvalue weighted by Crippen LogP contribution is 2.35. The molecule has 3 aromatic rings. The number of carbonyl (C=O) groups excluding carboxylic acids is 2. The highest BCUT2D eigenvalue weighted by Gasteiger charge is 2.28. The number of ketones is 1. The third kappa shape index (κ3) is 4.20. The maximum absolute atomic E-state index is 12.6. The zero-order valence-electron chi connectivity index (χ0n) is 16.5. The van der Waals surface area contributed by atoms with Crippen molar-refractivity contribution in [3.63, 3.8) is 0 Å². The second-order valence-electron chi connectivity index (χ2n) is 6.89. The Morgan fingerprint density at radius 3 is 2.42 bits per heavy atom. The van der Waals surface area contributed by atoms with E-state index in [4.69, 9.17) is 9.47 Å². The van der Waals surface area contributed by atoms with Crippen molar-refractivity contribution in [2.75, 3.05) is 0 Å². The number of fused-ring (bicyclic) bond motifs is 1. The van der Waals surface area contributed by atoms with Crippen LogP contribution < -0.4 is 9.47 Å². The summed E-state index contributed by atoms with van der Waals surface area (Å²) in [5.41, 5.74) is 2.47. The summed E-state index contributed by atoms with van der Waals surface area (Å²) in [6, 6.07) is 17.4. The molecule has 3 aromatic carbocycles. The Morgan fingerprint density at radius 2 is 1.77 bits per heavy atom. The van der Waals surface area contributed by atoms with E-state index in [2.05, 4.69) is 6.92 Å². The van der Waals surface area contributed by atoms with Crippen LogP contribution in [0.4, 0.5) is 5.69 Å². The van der Waals surface area contributed by atoms with Gasteiger partial charge >= 0.3 is 5.97 Å². The van der Waals surface area contributed by atoms with Gasteiger partial charge in [0.15, 0.2) is 5.76 Å². The summed E-state index contributed by atoms with van der Waals surface area (Å²) in [4.78, 5) is 35.1. The number of hydrogen-bond donors (Lipinski definition) is 0. The van der Waals surface area contributed by atoms with Gasteiger partial charge in [0.2, 0.25) is 5.78 Å². The maximum Gasteiger partial charge on any atom is 0.343 e. The highest BCUT2D eigenvalue weighted by atomic mass is 16.6. The molecule has 7 heteroatoms. The lowest BCUT2D eigenvalue weighted by Crippen LogP contribution is -2.08. The molecule has 1 aliphatic heterocycles. The maximum atomic E-state index is 12.6. The molecule has 0 saturated heterocycles. The summed E-state index contributed by atoms with van der Waals surface area (Å²) < 4.78 is 11.0. The third-order valence-corrected chi connectivity index (χ3v) is 4.85. The van der Waals surface area contributed by atoms with Gasteiger partial charge in [-0.3, -0.25) is 14.9 Å². The van der Waals surface area contributed by atoms with Crippen molar-refractivity contribution < 1.29 is 24.0 Å². The van der Waals surface area contributed by atoms with Gasteiger partial charge in [0.1, 0.15) is 11.5 Å². The standard InChI is InChI=1S/C24H17NO6/c1-2-15-3-5-16(6-4-15)13-22-23(26)20-12-11-19(14-21(20)31-22)30-24(27)17-7-9-18(10-8-17)25(28)29/h3-14H,2H2,1H3/b22-13-. The minimum Gasteiger partial charge on any atom is -0.452 e. The summed E-state index contributed by atoms with van der Waals surface area (Å²) in [5, 5.41) is 10.7. The van der Waals surface area contributed by atoms with Gasteiger partial charge in [-0.1, -0.05) is 31.2 Å². The fourth-order valence-electron chi connectivity index (χ4n) is 3.12. The first-order valence-corrected chi connectivity index (χ1v) is 9.58. The summed E-state index contributed by atoms with van der Waals surface area (Å²) >= 11 is 0. The normalized spacial score (nSPS) is 13.6.